The van der Waals surface area contributed by atoms with Crippen LogP contribution in [0.2, 0.25) is 0 Å². The number of nitrogens with one attached hydrogen (secondary N) is 2. The first-order valence-corrected chi connectivity index (χ1v) is 10.4. The molecule has 0 unspecified atom stereocenters. The minimum absolute atomic E-state index is 0.0160. The SMILES string of the molecule is CCOc1ccc(NC(=O)C2CCN(C(=O)c3cc(-c4ccncc4)n[nH]3)CC2)cc1. The zero-order valence-corrected chi connectivity index (χ0v) is 17.4. The summed E-state index contributed by atoms with van der Waals surface area (Å²) in [6, 6.07) is 12.8. The summed E-state index contributed by atoms with van der Waals surface area (Å²) in [6.45, 7) is 3.60. The van der Waals surface area contributed by atoms with Gasteiger partial charge in [0, 0.05) is 42.7 Å². The van der Waals surface area contributed by atoms with Gasteiger partial charge in [0.1, 0.15) is 11.4 Å². The number of pyridine rings is 1. The highest BCUT2D eigenvalue weighted by Crippen LogP contribution is 2.23. The number of H-pyrrole nitrogens is 1. The van der Waals surface area contributed by atoms with Gasteiger partial charge in [-0.1, -0.05) is 0 Å². The number of nitrogens with zero attached hydrogens (tertiary/aromatic N) is 3. The van der Waals surface area contributed by atoms with Crippen LogP contribution in [0, 0.1) is 5.92 Å². The van der Waals surface area contributed by atoms with E-state index in [0.29, 0.717) is 43.9 Å². The molecular formula is C23H25N5O3. The number of piperidine rings is 1. The van der Waals surface area contributed by atoms with Gasteiger partial charge >= 0.3 is 0 Å². The van der Waals surface area contributed by atoms with E-state index in [2.05, 4.69) is 20.5 Å². The first-order chi connectivity index (χ1) is 15.1. The van der Waals surface area contributed by atoms with Gasteiger partial charge in [-0.2, -0.15) is 5.10 Å². The lowest BCUT2D eigenvalue weighted by Gasteiger charge is -2.31. The maximum atomic E-state index is 12.8. The molecule has 1 fully saturated rings. The Morgan fingerprint density at radius 1 is 1.13 bits per heavy atom. The lowest BCUT2D eigenvalue weighted by Crippen LogP contribution is -2.41. The molecule has 1 aromatic carbocycles. The first kappa shape index (κ1) is 20.6. The molecule has 0 aliphatic carbocycles. The molecule has 160 valence electrons. The van der Waals surface area contributed by atoms with Crippen molar-refractivity contribution in [1.29, 1.82) is 0 Å². The molecule has 3 aromatic rings. The van der Waals surface area contributed by atoms with Gasteiger partial charge in [-0.05, 0) is 62.2 Å². The predicted octanol–water partition coefficient (Wildman–Crippen LogP) is 3.36. The molecule has 2 amide bonds. The minimum atomic E-state index is -0.121. The van der Waals surface area contributed by atoms with Crippen molar-refractivity contribution < 1.29 is 14.3 Å². The topological polar surface area (TPSA) is 100 Å². The number of amides is 2. The van der Waals surface area contributed by atoms with Gasteiger partial charge in [0.15, 0.2) is 0 Å². The van der Waals surface area contributed by atoms with Gasteiger partial charge < -0.3 is 15.0 Å². The normalized spacial score (nSPS) is 14.3. The van der Waals surface area contributed by atoms with E-state index in [9.17, 15) is 9.59 Å². The second kappa shape index (κ2) is 9.42. The van der Waals surface area contributed by atoms with Crippen molar-refractivity contribution in [2.24, 2.45) is 5.92 Å². The molecule has 2 N–H and O–H groups in total. The van der Waals surface area contributed by atoms with Crippen LogP contribution >= 0.6 is 0 Å². The number of aromatic amines is 1. The molecule has 1 aliphatic heterocycles. The van der Waals surface area contributed by atoms with Gasteiger partial charge in [-0.25, -0.2) is 0 Å². The van der Waals surface area contributed by atoms with E-state index >= 15 is 0 Å². The van der Waals surface area contributed by atoms with Crippen LogP contribution in [-0.2, 0) is 4.79 Å². The van der Waals surface area contributed by atoms with Crippen molar-refractivity contribution in [2.45, 2.75) is 19.8 Å². The molecule has 0 radical (unpaired) electrons. The largest absolute Gasteiger partial charge is 0.494 e. The molecular weight excluding hydrogens is 394 g/mol. The van der Waals surface area contributed by atoms with Gasteiger partial charge in [-0.15, -0.1) is 0 Å². The summed E-state index contributed by atoms with van der Waals surface area (Å²) in [5, 5.41) is 10.0. The number of carbonyl (C=O) groups is 2. The fourth-order valence-corrected chi connectivity index (χ4v) is 3.66. The van der Waals surface area contributed by atoms with Gasteiger partial charge in [-0.3, -0.25) is 19.7 Å². The van der Waals surface area contributed by atoms with Crippen LogP contribution in [0.1, 0.15) is 30.3 Å². The maximum absolute atomic E-state index is 12.8. The zero-order valence-electron chi connectivity index (χ0n) is 17.4. The Morgan fingerprint density at radius 3 is 2.52 bits per heavy atom. The van der Waals surface area contributed by atoms with Crippen molar-refractivity contribution in [1.82, 2.24) is 20.1 Å². The number of hydrogen-bond donors (Lipinski definition) is 2. The van der Waals surface area contributed by atoms with Crippen molar-refractivity contribution in [3.63, 3.8) is 0 Å². The molecule has 4 rings (SSSR count). The van der Waals surface area contributed by atoms with Crippen LogP contribution in [0.25, 0.3) is 11.3 Å². The number of hydrogen-bond acceptors (Lipinski definition) is 5. The number of rotatable bonds is 6. The molecule has 8 heteroatoms. The summed E-state index contributed by atoms with van der Waals surface area (Å²) in [5.74, 6) is 0.541. The Balaban J connectivity index is 1.30. The van der Waals surface area contributed by atoms with E-state index in [0.717, 1.165) is 17.0 Å². The van der Waals surface area contributed by atoms with Crippen molar-refractivity contribution >= 4 is 17.5 Å². The summed E-state index contributed by atoms with van der Waals surface area (Å²) in [7, 11) is 0. The molecule has 0 saturated carbocycles. The van der Waals surface area contributed by atoms with Gasteiger partial charge in [0.25, 0.3) is 5.91 Å². The van der Waals surface area contributed by atoms with Crippen LogP contribution in [0.15, 0.2) is 54.9 Å². The van der Waals surface area contributed by atoms with Crippen LogP contribution in [0.5, 0.6) is 5.75 Å². The van der Waals surface area contributed by atoms with Crippen LogP contribution < -0.4 is 10.1 Å². The van der Waals surface area contributed by atoms with Gasteiger partial charge in [0.2, 0.25) is 5.91 Å². The van der Waals surface area contributed by atoms with Crippen LogP contribution in [0.3, 0.4) is 0 Å². The molecule has 3 heterocycles. The Labute approximate surface area is 180 Å². The smallest absolute Gasteiger partial charge is 0.271 e. The summed E-state index contributed by atoms with van der Waals surface area (Å²) in [6.07, 6.45) is 4.63. The Bertz CT molecular complexity index is 1020. The summed E-state index contributed by atoms with van der Waals surface area (Å²) < 4.78 is 5.42. The van der Waals surface area contributed by atoms with E-state index in [-0.39, 0.29) is 17.7 Å². The molecule has 0 spiro atoms. The number of aromatic nitrogens is 3. The first-order valence-electron chi connectivity index (χ1n) is 10.4. The second-order valence-corrected chi connectivity index (χ2v) is 7.42. The Hall–Kier alpha value is -3.68. The lowest BCUT2D eigenvalue weighted by molar-refractivity contribution is -0.121. The van der Waals surface area contributed by atoms with E-state index in [4.69, 9.17) is 4.74 Å². The molecule has 31 heavy (non-hydrogen) atoms. The fraction of sp³-hybridized carbons (Fsp3) is 0.304. The third-order valence-electron chi connectivity index (χ3n) is 5.37. The summed E-state index contributed by atoms with van der Waals surface area (Å²) in [4.78, 5) is 31.2. The molecule has 0 atom stereocenters. The number of likely N-dealkylation sites (tertiary alicyclic amines) is 1. The highest BCUT2D eigenvalue weighted by molar-refractivity contribution is 5.95. The standard InChI is InChI=1S/C23H25N5O3/c1-2-31-19-5-3-18(4-6-19)25-22(29)17-9-13-28(14-10-17)23(30)21-15-20(26-27-21)16-7-11-24-12-8-16/h3-8,11-12,15,17H,2,9-10,13-14H2,1H3,(H,25,29)(H,26,27). The molecule has 0 bridgehead atoms. The molecule has 1 aliphatic rings. The third kappa shape index (κ3) is 4.91. The predicted molar refractivity (Wildman–Crippen MR) is 117 cm³/mol. The number of ether oxygens (including phenoxy) is 1. The van der Waals surface area contributed by atoms with E-state index in [1.54, 1.807) is 23.4 Å². The third-order valence-corrected chi connectivity index (χ3v) is 5.37. The van der Waals surface area contributed by atoms with Crippen LogP contribution in [-0.4, -0.2) is 51.6 Å². The summed E-state index contributed by atoms with van der Waals surface area (Å²) in [5.41, 5.74) is 2.79. The monoisotopic (exact) mass is 419 g/mol. The zero-order chi connectivity index (χ0) is 21.6. The average molecular weight is 419 g/mol. The minimum Gasteiger partial charge on any atom is -0.494 e. The molecule has 2 aromatic heterocycles. The lowest BCUT2D eigenvalue weighted by atomic mass is 9.95. The Morgan fingerprint density at radius 2 is 1.84 bits per heavy atom. The Kier molecular flexibility index (Phi) is 6.26. The number of anilines is 1. The van der Waals surface area contributed by atoms with E-state index < -0.39 is 0 Å². The van der Waals surface area contributed by atoms with Crippen molar-refractivity contribution in [2.75, 3.05) is 25.0 Å². The second-order valence-electron chi connectivity index (χ2n) is 7.42. The highest BCUT2D eigenvalue weighted by atomic mass is 16.5. The number of carbonyl (C=O) groups excluding carboxylic acids is 2. The van der Waals surface area contributed by atoms with Crippen LogP contribution in [0.4, 0.5) is 5.69 Å². The van der Waals surface area contributed by atoms with Crippen molar-refractivity contribution in [3.05, 3.63) is 60.6 Å². The van der Waals surface area contributed by atoms with E-state index in [1.807, 2.05) is 43.3 Å². The van der Waals surface area contributed by atoms with E-state index in [1.165, 1.54) is 0 Å². The van der Waals surface area contributed by atoms with Gasteiger partial charge in [0.05, 0.1) is 12.3 Å². The molecule has 1 saturated heterocycles. The average Bonchev–Trinajstić information content (AvgIpc) is 3.31. The van der Waals surface area contributed by atoms with Crippen molar-refractivity contribution in [3.8, 4) is 17.0 Å². The molecule has 8 nitrogen and oxygen atoms in total. The quantitative estimate of drug-likeness (QED) is 0.638. The maximum Gasteiger partial charge on any atom is 0.271 e. The highest BCUT2D eigenvalue weighted by Gasteiger charge is 2.28. The fourth-order valence-electron chi connectivity index (χ4n) is 3.66. The number of benzene rings is 1. The summed E-state index contributed by atoms with van der Waals surface area (Å²) >= 11 is 0.